The molecule has 10 nitrogen and oxygen atoms in total. The number of hydrogen-bond donors (Lipinski definition) is 4. The van der Waals surface area contributed by atoms with Gasteiger partial charge in [-0.05, 0) is 56.8 Å². The van der Waals surface area contributed by atoms with Gasteiger partial charge >= 0.3 is 0 Å². The summed E-state index contributed by atoms with van der Waals surface area (Å²) in [5.41, 5.74) is 0.289. The first-order chi connectivity index (χ1) is 17.8. The normalized spacial score (nSPS) is 22.4. The third kappa shape index (κ3) is 9.35. The van der Waals surface area contributed by atoms with Crippen LogP contribution in [-0.2, 0) is 14.4 Å². The molecule has 2 heterocycles. The zero-order valence-electron chi connectivity index (χ0n) is 22.0. The second kappa shape index (κ2) is 14.6. The fraction of sp³-hybridized carbons (Fsp3) is 0.630. The molecule has 0 bridgehead atoms. The minimum Gasteiger partial charge on any atom is -0.491 e. The second-order valence-electron chi connectivity index (χ2n) is 10.1. The van der Waals surface area contributed by atoms with Crippen molar-refractivity contribution in [3.8, 4) is 5.75 Å². The molecule has 2 aliphatic heterocycles. The molecule has 10 heteroatoms. The van der Waals surface area contributed by atoms with Crippen molar-refractivity contribution in [2.45, 2.75) is 64.5 Å². The summed E-state index contributed by atoms with van der Waals surface area (Å²) in [6.45, 7) is 7.60. The molecular weight excluding hydrogens is 474 g/mol. The summed E-state index contributed by atoms with van der Waals surface area (Å²) in [6.07, 6.45) is 4.15. The van der Waals surface area contributed by atoms with Crippen LogP contribution in [0.2, 0.25) is 0 Å². The van der Waals surface area contributed by atoms with Crippen LogP contribution in [0.1, 0.15) is 62.7 Å². The second-order valence-corrected chi connectivity index (χ2v) is 10.1. The van der Waals surface area contributed by atoms with E-state index in [0.29, 0.717) is 18.7 Å². The Morgan fingerprint density at radius 1 is 1.11 bits per heavy atom. The molecule has 0 unspecified atom stereocenters. The molecule has 4 N–H and O–H groups in total. The molecule has 1 aromatic carbocycles. The maximum absolute atomic E-state index is 13.1. The first-order valence-electron chi connectivity index (χ1n) is 13.4. The summed E-state index contributed by atoms with van der Waals surface area (Å²) in [5, 5.41) is 11.3. The molecule has 0 aliphatic carbocycles. The van der Waals surface area contributed by atoms with E-state index in [1.807, 2.05) is 13.8 Å². The smallest absolute Gasteiger partial charge is 0.255 e. The molecule has 1 aromatic rings. The Hall–Kier alpha value is -3.14. The van der Waals surface area contributed by atoms with Crippen LogP contribution in [0.25, 0.3) is 0 Å². The van der Waals surface area contributed by atoms with Crippen molar-refractivity contribution in [2.75, 3.05) is 39.3 Å². The van der Waals surface area contributed by atoms with Gasteiger partial charge in [0.05, 0.1) is 12.1 Å². The predicted molar refractivity (Wildman–Crippen MR) is 140 cm³/mol. The average Bonchev–Trinajstić information content (AvgIpc) is 2.88. The number of carbonyl (C=O) groups excluding carboxylic acids is 4. The van der Waals surface area contributed by atoms with Gasteiger partial charge in [0.2, 0.25) is 17.7 Å². The van der Waals surface area contributed by atoms with E-state index in [4.69, 9.17) is 4.74 Å². The number of likely N-dealkylation sites (tertiary alicyclic amines) is 1. The van der Waals surface area contributed by atoms with Gasteiger partial charge in [-0.1, -0.05) is 32.4 Å². The Kier molecular flexibility index (Phi) is 11.2. The molecule has 0 saturated carbocycles. The lowest BCUT2D eigenvalue weighted by atomic mass is 10.0. The Morgan fingerprint density at radius 2 is 1.86 bits per heavy atom. The predicted octanol–water partition coefficient (Wildman–Crippen LogP) is 1.21. The molecular formula is C27H41N5O5. The molecule has 2 aliphatic rings. The lowest BCUT2D eigenvalue weighted by Crippen LogP contribution is -2.50. The van der Waals surface area contributed by atoms with Crippen LogP contribution in [0.15, 0.2) is 24.3 Å². The summed E-state index contributed by atoms with van der Waals surface area (Å²) >= 11 is 0. The van der Waals surface area contributed by atoms with E-state index >= 15 is 0 Å². The van der Waals surface area contributed by atoms with E-state index in [-0.39, 0.29) is 55.2 Å². The van der Waals surface area contributed by atoms with E-state index in [0.717, 1.165) is 19.6 Å². The van der Waals surface area contributed by atoms with Crippen LogP contribution < -0.4 is 26.0 Å². The quantitative estimate of drug-likeness (QED) is 0.451. The topological polar surface area (TPSA) is 129 Å². The first-order valence-corrected chi connectivity index (χ1v) is 13.4. The Balaban J connectivity index is 1.73. The van der Waals surface area contributed by atoms with Crippen molar-refractivity contribution in [3.63, 3.8) is 0 Å². The Labute approximate surface area is 219 Å². The van der Waals surface area contributed by atoms with Gasteiger partial charge in [0.1, 0.15) is 24.4 Å². The van der Waals surface area contributed by atoms with Crippen molar-refractivity contribution in [1.82, 2.24) is 26.2 Å². The third-order valence-corrected chi connectivity index (χ3v) is 6.61. The third-order valence-electron chi connectivity index (χ3n) is 6.61. The highest BCUT2D eigenvalue weighted by atomic mass is 16.5. The van der Waals surface area contributed by atoms with Crippen molar-refractivity contribution < 1.29 is 23.9 Å². The van der Waals surface area contributed by atoms with Crippen LogP contribution in [0.5, 0.6) is 5.75 Å². The lowest BCUT2D eigenvalue weighted by molar-refractivity contribution is -0.130. The van der Waals surface area contributed by atoms with Crippen molar-refractivity contribution >= 4 is 23.6 Å². The van der Waals surface area contributed by atoms with E-state index in [9.17, 15) is 19.2 Å². The number of amides is 4. The van der Waals surface area contributed by atoms with E-state index in [2.05, 4.69) is 26.2 Å². The highest BCUT2D eigenvalue weighted by molar-refractivity contribution is 5.99. The van der Waals surface area contributed by atoms with Crippen molar-refractivity contribution in [1.29, 1.82) is 0 Å². The van der Waals surface area contributed by atoms with Gasteiger partial charge in [-0.25, -0.2) is 0 Å². The fourth-order valence-corrected chi connectivity index (χ4v) is 4.63. The molecule has 0 aromatic heterocycles. The number of nitrogens with zero attached hydrogens (tertiary/aromatic N) is 1. The standard InChI is InChI=1S/C27H41N5O5/c1-19(2)18-22-27(36)29-13-17-37-23-9-5-4-8-20(23)25(34)31-21(10-11-24(33)30-22)26(35)28-12-16-32-14-6-3-7-15-32/h4-5,8-9,19,21-22H,3,6-7,10-18H2,1-2H3,(H,28,35)(H,29,36)(H,30,33)(H,31,34)/t21-,22-/m0/s1. The van der Waals surface area contributed by atoms with Gasteiger partial charge in [0.25, 0.3) is 5.91 Å². The summed E-state index contributed by atoms with van der Waals surface area (Å²) < 4.78 is 5.78. The summed E-state index contributed by atoms with van der Waals surface area (Å²) in [6, 6.07) is 5.18. The van der Waals surface area contributed by atoms with E-state index in [1.165, 1.54) is 19.3 Å². The maximum atomic E-state index is 13.1. The van der Waals surface area contributed by atoms with Crippen LogP contribution >= 0.6 is 0 Å². The lowest BCUT2D eigenvalue weighted by Gasteiger charge is -2.27. The van der Waals surface area contributed by atoms with Crippen LogP contribution in [-0.4, -0.2) is 79.9 Å². The zero-order valence-corrected chi connectivity index (χ0v) is 22.0. The van der Waals surface area contributed by atoms with Gasteiger partial charge in [0.15, 0.2) is 0 Å². The Morgan fingerprint density at radius 3 is 2.62 bits per heavy atom. The fourth-order valence-electron chi connectivity index (χ4n) is 4.63. The summed E-state index contributed by atoms with van der Waals surface area (Å²) in [5.74, 6) is -0.857. The minimum absolute atomic E-state index is 0.00941. The van der Waals surface area contributed by atoms with E-state index < -0.39 is 18.0 Å². The molecule has 0 radical (unpaired) electrons. The number of para-hydroxylation sites is 1. The summed E-state index contributed by atoms with van der Waals surface area (Å²) in [4.78, 5) is 54.0. The van der Waals surface area contributed by atoms with Gasteiger partial charge in [-0.2, -0.15) is 0 Å². The highest BCUT2D eigenvalue weighted by Crippen LogP contribution is 2.18. The molecule has 204 valence electrons. The van der Waals surface area contributed by atoms with Crippen LogP contribution in [0.4, 0.5) is 0 Å². The van der Waals surface area contributed by atoms with E-state index in [1.54, 1.807) is 24.3 Å². The van der Waals surface area contributed by atoms with Crippen LogP contribution in [0, 0.1) is 5.92 Å². The number of rotatable bonds is 6. The minimum atomic E-state index is -0.907. The van der Waals surface area contributed by atoms with Crippen molar-refractivity contribution in [3.05, 3.63) is 29.8 Å². The molecule has 1 saturated heterocycles. The molecule has 3 rings (SSSR count). The van der Waals surface area contributed by atoms with Gasteiger partial charge < -0.3 is 30.9 Å². The molecule has 2 atom stereocenters. The van der Waals surface area contributed by atoms with Crippen molar-refractivity contribution in [2.24, 2.45) is 5.92 Å². The number of fused-ring (bicyclic) bond motifs is 1. The number of carbonyl (C=O) groups is 4. The summed E-state index contributed by atoms with van der Waals surface area (Å²) in [7, 11) is 0. The number of ether oxygens (including phenoxy) is 1. The van der Waals surface area contributed by atoms with Gasteiger partial charge in [-0.3, -0.25) is 19.2 Å². The number of hydrogen-bond acceptors (Lipinski definition) is 6. The average molecular weight is 516 g/mol. The first kappa shape index (κ1) is 28.4. The molecule has 4 amide bonds. The number of piperidine rings is 1. The Bertz CT molecular complexity index is 932. The molecule has 0 spiro atoms. The maximum Gasteiger partial charge on any atom is 0.255 e. The molecule has 1 fully saturated rings. The van der Waals surface area contributed by atoms with Crippen LogP contribution in [0.3, 0.4) is 0 Å². The highest BCUT2D eigenvalue weighted by Gasteiger charge is 2.26. The number of benzene rings is 1. The molecule has 37 heavy (non-hydrogen) atoms. The monoisotopic (exact) mass is 515 g/mol. The van der Waals surface area contributed by atoms with Gasteiger partial charge in [-0.15, -0.1) is 0 Å². The SMILES string of the molecule is CC(C)C[C@@H]1NC(=O)CC[C@@H](C(=O)NCCN2CCCCC2)NC(=O)c2ccccc2OCCNC1=O. The zero-order chi connectivity index (χ0) is 26.6. The largest absolute Gasteiger partial charge is 0.491 e. The number of nitrogens with one attached hydrogen (secondary N) is 4. The van der Waals surface area contributed by atoms with Gasteiger partial charge in [0, 0.05) is 19.5 Å².